The SMILES string of the molecule is C[C@H](Oc1cc2cc(F)ccc2nc1NC(=O)OC(C)(C)C)c1cc2c(cnn2CC(=O)O)cc1-n1cccn1. The summed E-state index contributed by atoms with van der Waals surface area (Å²) in [5, 5.41) is 21.7. The highest BCUT2D eigenvalue weighted by molar-refractivity contribution is 5.90. The third-order valence-electron chi connectivity index (χ3n) is 5.93. The van der Waals surface area contributed by atoms with Gasteiger partial charge >= 0.3 is 12.1 Å². The molecule has 3 aromatic heterocycles. The average molecular weight is 547 g/mol. The highest BCUT2D eigenvalue weighted by Gasteiger charge is 2.23. The first-order chi connectivity index (χ1) is 19.0. The van der Waals surface area contributed by atoms with Crippen molar-refractivity contribution in [1.82, 2.24) is 24.5 Å². The van der Waals surface area contributed by atoms with Crippen molar-refractivity contribution in [2.24, 2.45) is 0 Å². The van der Waals surface area contributed by atoms with Gasteiger partial charge in [0, 0.05) is 28.7 Å². The van der Waals surface area contributed by atoms with E-state index >= 15 is 0 Å². The van der Waals surface area contributed by atoms with Gasteiger partial charge < -0.3 is 14.6 Å². The number of fused-ring (bicyclic) bond motifs is 2. The Morgan fingerprint density at radius 2 is 1.93 bits per heavy atom. The molecule has 0 aliphatic heterocycles. The van der Waals surface area contributed by atoms with Crippen LogP contribution in [0.2, 0.25) is 0 Å². The summed E-state index contributed by atoms with van der Waals surface area (Å²) in [7, 11) is 0. The number of hydrogen-bond acceptors (Lipinski definition) is 7. The number of amides is 1. The van der Waals surface area contributed by atoms with Crippen molar-refractivity contribution in [3.8, 4) is 11.4 Å². The van der Waals surface area contributed by atoms with Crippen LogP contribution < -0.4 is 10.1 Å². The summed E-state index contributed by atoms with van der Waals surface area (Å²) in [5.41, 5.74) is 1.64. The molecule has 12 heteroatoms. The lowest BCUT2D eigenvalue weighted by Crippen LogP contribution is -2.27. The van der Waals surface area contributed by atoms with Gasteiger partial charge in [0.25, 0.3) is 0 Å². The van der Waals surface area contributed by atoms with Gasteiger partial charge in [-0.25, -0.2) is 18.9 Å². The minimum atomic E-state index is -1.03. The molecule has 0 saturated heterocycles. The molecule has 0 bridgehead atoms. The number of hydrogen-bond donors (Lipinski definition) is 2. The van der Waals surface area contributed by atoms with Crippen LogP contribution in [0.3, 0.4) is 0 Å². The predicted octanol–water partition coefficient (Wildman–Crippen LogP) is 5.48. The molecule has 5 rings (SSSR count). The lowest BCUT2D eigenvalue weighted by Gasteiger charge is -2.22. The summed E-state index contributed by atoms with van der Waals surface area (Å²) in [6.07, 6.45) is 3.61. The van der Waals surface area contributed by atoms with E-state index in [2.05, 4.69) is 20.5 Å². The summed E-state index contributed by atoms with van der Waals surface area (Å²) in [6, 6.07) is 11.1. The van der Waals surface area contributed by atoms with Gasteiger partial charge in [0.1, 0.15) is 24.1 Å². The zero-order valence-electron chi connectivity index (χ0n) is 22.3. The normalized spacial score (nSPS) is 12.4. The molecule has 0 fully saturated rings. The Labute approximate surface area is 228 Å². The van der Waals surface area contributed by atoms with Crippen molar-refractivity contribution in [3.05, 3.63) is 72.4 Å². The molecule has 2 N–H and O–H groups in total. The zero-order chi connectivity index (χ0) is 28.6. The number of nitrogens with zero attached hydrogens (tertiary/aromatic N) is 5. The molecule has 0 saturated carbocycles. The third-order valence-corrected chi connectivity index (χ3v) is 5.93. The number of carbonyl (C=O) groups is 2. The van der Waals surface area contributed by atoms with Crippen LogP contribution in [0.5, 0.6) is 5.75 Å². The van der Waals surface area contributed by atoms with Gasteiger partial charge in [-0.3, -0.25) is 14.8 Å². The maximum Gasteiger partial charge on any atom is 0.413 e. The lowest BCUT2D eigenvalue weighted by molar-refractivity contribution is -0.137. The molecule has 206 valence electrons. The molecule has 0 aliphatic rings. The number of carbonyl (C=O) groups excluding carboxylic acids is 1. The van der Waals surface area contributed by atoms with Crippen molar-refractivity contribution >= 4 is 39.7 Å². The summed E-state index contributed by atoms with van der Waals surface area (Å²) >= 11 is 0. The van der Waals surface area contributed by atoms with Gasteiger partial charge in [-0.05, 0) is 70.2 Å². The van der Waals surface area contributed by atoms with E-state index in [1.165, 1.54) is 22.9 Å². The lowest BCUT2D eigenvalue weighted by atomic mass is 10.1. The van der Waals surface area contributed by atoms with Crippen molar-refractivity contribution in [2.45, 2.75) is 45.9 Å². The third kappa shape index (κ3) is 5.70. The number of halogens is 1. The molecule has 11 nitrogen and oxygen atoms in total. The fourth-order valence-electron chi connectivity index (χ4n) is 4.28. The van der Waals surface area contributed by atoms with E-state index in [1.54, 1.807) is 69.2 Å². The summed E-state index contributed by atoms with van der Waals surface area (Å²) in [5.74, 6) is -1.20. The first-order valence-corrected chi connectivity index (χ1v) is 12.4. The Kier molecular flexibility index (Phi) is 6.84. The quantitative estimate of drug-likeness (QED) is 0.274. The molecule has 1 atom stereocenters. The number of benzene rings is 2. The first kappa shape index (κ1) is 26.6. The van der Waals surface area contributed by atoms with Crippen LogP contribution in [0.15, 0.2) is 61.1 Å². The standard InChI is InChI=1S/C28H27FN6O5/c1-16(20-13-22-18(14-31-35(22)15-25(36)37)11-23(20)34-9-5-8-30-34)39-24-12-17-10-19(29)6-7-21(17)32-26(24)33-27(38)40-28(2,3)4/h5-14,16H,15H2,1-4H3,(H,36,37)(H,32,33,38)/t16-/m0/s1. The fraction of sp³-hybridized carbons (Fsp3) is 0.250. The van der Waals surface area contributed by atoms with Crippen molar-refractivity contribution in [1.29, 1.82) is 0 Å². The second-order valence-corrected chi connectivity index (χ2v) is 10.2. The molecule has 2 aromatic carbocycles. The van der Waals surface area contributed by atoms with E-state index in [0.29, 0.717) is 27.7 Å². The predicted molar refractivity (Wildman–Crippen MR) is 145 cm³/mol. The Morgan fingerprint density at radius 1 is 1.12 bits per heavy atom. The van der Waals surface area contributed by atoms with Crippen LogP contribution in [0.25, 0.3) is 27.5 Å². The Balaban J connectivity index is 1.59. The van der Waals surface area contributed by atoms with Gasteiger partial charge in [-0.1, -0.05) is 0 Å². The number of rotatable bonds is 7. The summed E-state index contributed by atoms with van der Waals surface area (Å²) in [4.78, 5) is 28.5. The van der Waals surface area contributed by atoms with Crippen LogP contribution in [0.1, 0.15) is 39.4 Å². The van der Waals surface area contributed by atoms with Crippen molar-refractivity contribution < 1.29 is 28.6 Å². The highest BCUT2D eigenvalue weighted by atomic mass is 19.1. The molecule has 1 amide bonds. The molecule has 3 heterocycles. The van der Waals surface area contributed by atoms with Crippen LogP contribution in [-0.4, -0.2) is 47.3 Å². The van der Waals surface area contributed by atoms with Gasteiger partial charge in [-0.2, -0.15) is 10.2 Å². The smallest absolute Gasteiger partial charge is 0.413 e. The fourth-order valence-corrected chi connectivity index (χ4v) is 4.28. The van der Waals surface area contributed by atoms with Crippen LogP contribution in [-0.2, 0) is 16.1 Å². The first-order valence-electron chi connectivity index (χ1n) is 12.4. The number of carboxylic acids is 1. The molecular weight excluding hydrogens is 519 g/mol. The summed E-state index contributed by atoms with van der Waals surface area (Å²) in [6.45, 7) is 6.70. The monoisotopic (exact) mass is 546 g/mol. The highest BCUT2D eigenvalue weighted by Crippen LogP contribution is 2.35. The Hall–Kier alpha value is -5.00. The number of nitrogens with one attached hydrogen (secondary N) is 1. The van der Waals surface area contributed by atoms with E-state index in [9.17, 15) is 19.1 Å². The maximum atomic E-state index is 14.0. The van der Waals surface area contributed by atoms with Gasteiger partial charge in [-0.15, -0.1) is 0 Å². The number of carboxylic acid groups (broad SMARTS) is 1. The zero-order valence-corrected chi connectivity index (χ0v) is 22.3. The van der Waals surface area contributed by atoms with Gasteiger partial charge in [0.05, 0.1) is 22.9 Å². The van der Waals surface area contributed by atoms with Gasteiger partial charge in [0.15, 0.2) is 11.6 Å². The van der Waals surface area contributed by atoms with E-state index in [0.717, 1.165) is 5.39 Å². The van der Waals surface area contributed by atoms with E-state index in [4.69, 9.17) is 9.47 Å². The summed E-state index contributed by atoms with van der Waals surface area (Å²) < 4.78 is 28.8. The van der Waals surface area contributed by atoms with E-state index in [-0.39, 0.29) is 18.1 Å². The molecule has 0 spiro atoms. The molecule has 0 radical (unpaired) electrons. The largest absolute Gasteiger partial charge is 0.482 e. The van der Waals surface area contributed by atoms with Gasteiger partial charge in [0.2, 0.25) is 0 Å². The average Bonchev–Trinajstić information content (AvgIpc) is 3.52. The molecular formula is C28H27FN6O5. The van der Waals surface area contributed by atoms with E-state index in [1.807, 2.05) is 6.07 Å². The molecule has 5 aromatic rings. The minimum absolute atomic E-state index is 0.0952. The number of aromatic nitrogens is 5. The van der Waals surface area contributed by atoms with Crippen LogP contribution >= 0.6 is 0 Å². The number of anilines is 1. The number of aliphatic carboxylic acids is 1. The second-order valence-electron chi connectivity index (χ2n) is 10.2. The Bertz CT molecular complexity index is 1730. The number of pyridine rings is 1. The topological polar surface area (TPSA) is 133 Å². The molecule has 0 aliphatic carbocycles. The van der Waals surface area contributed by atoms with Crippen molar-refractivity contribution in [3.63, 3.8) is 0 Å². The number of ether oxygens (including phenoxy) is 2. The maximum absolute atomic E-state index is 14.0. The van der Waals surface area contributed by atoms with Crippen molar-refractivity contribution in [2.75, 3.05) is 5.32 Å². The molecule has 40 heavy (non-hydrogen) atoms. The minimum Gasteiger partial charge on any atom is -0.482 e. The molecule has 0 unspecified atom stereocenters. The Morgan fingerprint density at radius 3 is 2.62 bits per heavy atom. The van der Waals surface area contributed by atoms with Crippen LogP contribution in [0.4, 0.5) is 15.0 Å². The second kappa shape index (κ2) is 10.3. The van der Waals surface area contributed by atoms with E-state index < -0.39 is 29.6 Å². The van der Waals surface area contributed by atoms with Crippen LogP contribution in [0, 0.1) is 5.82 Å².